The van der Waals surface area contributed by atoms with E-state index in [1.54, 1.807) is 0 Å². The Balaban J connectivity index is 2.43. The van der Waals surface area contributed by atoms with Gasteiger partial charge in [0.25, 0.3) is 0 Å². The third-order valence-electron chi connectivity index (χ3n) is 6.14. The Hall–Kier alpha value is -0.830. The molecule has 0 aliphatic carbocycles. The van der Waals surface area contributed by atoms with Crippen LogP contribution in [0.4, 0.5) is 0 Å². The molecule has 0 aromatic rings. The monoisotopic (exact) mass is 348 g/mol. The van der Waals surface area contributed by atoms with E-state index in [9.17, 15) is 4.79 Å². The van der Waals surface area contributed by atoms with E-state index in [-0.39, 0.29) is 11.1 Å². The first-order valence-electron chi connectivity index (χ1n) is 10.8. The van der Waals surface area contributed by atoms with Crippen LogP contribution in [-0.2, 0) is 4.79 Å². The summed E-state index contributed by atoms with van der Waals surface area (Å²) < 4.78 is 0. The minimum atomic E-state index is -0.321. The molecular formula is C22H40N2O. The molecule has 2 heterocycles. The summed E-state index contributed by atoms with van der Waals surface area (Å²) in [7, 11) is 0. The van der Waals surface area contributed by atoms with Crippen molar-refractivity contribution in [2.45, 2.75) is 122 Å². The van der Waals surface area contributed by atoms with Crippen LogP contribution in [0.5, 0.6) is 0 Å². The SMILES string of the molecule is CCCC1=C2NC(CCC)(CCC)C[C@@H]2NC(CCC)(CCC)C1=O. The molecule has 0 unspecified atom stereocenters. The molecule has 1 fully saturated rings. The molecule has 0 spiro atoms. The molecule has 2 rings (SSSR count). The highest BCUT2D eigenvalue weighted by Crippen LogP contribution is 2.42. The van der Waals surface area contributed by atoms with Gasteiger partial charge >= 0.3 is 0 Å². The number of fused-ring (bicyclic) bond motifs is 1. The van der Waals surface area contributed by atoms with Gasteiger partial charge in [-0.05, 0) is 38.5 Å². The first kappa shape index (κ1) is 20.5. The zero-order valence-corrected chi connectivity index (χ0v) is 17.3. The maximum Gasteiger partial charge on any atom is 0.180 e. The van der Waals surface area contributed by atoms with E-state index < -0.39 is 0 Å². The van der Waals surface area contributed by atoms with Gasteiger partial charge in [0.05, 0.1) is 11.6 Å². The first-order chi connectivity index (χ1) is 12.0. The molecule has 3 heteroatoms. The number of ketones is 1. The van der Waals surface area contributed by atoms with Crippen molar-refractivity contribution in [1.82, 2.24) is 10.6 Å². The van der Waals surface area contributed by atoms with Crippen molar-refractivity contribution < 1.29 is 4.79 Å². The molecule has 1 saturated heterocycles. The standard InChI is InChI=1S/C22H40N2O/c1-6-11-17-19-18(16-21(24-19,12-7-2)13-8-3)23-22(14-9-4,15-10-5)20(17)25/h18,23-24H,6-16H2,1-5H3/t18-/m0/s1. The lowest BCUT2D eigenvalue weighted by molar-refractivity contribution is -0.123. The third-order valence-corrected chi connectivity index (χ3v) is 6.14. The van der Waals surface area contributed by atoms with E-state index in [0.717, 1.165) is 50.5 Å². The van der Waals surface area contributed by atoms with Gasteiger partial charge in [0.1, 0.15) is 0 Å². The van der Waals surface area contributed by atoms with Crippen LogP contribution in [0.15, 0.2) is 11.3 Å². The molecule has 3 nitrogen and oxygen atoms in total. The highest BCUT2D eigenvalue weighted by molar-refractivity contribution is 6.04. The van der Waals surface area contributed by atoms with Crippen LogP contribution >= 0.6 is 0 Å². The average molecular weight is 349 g/mol. The van der Waals surface area contributed by atoms with Gasteiger partial charge in [0, 0.05) is 16.8 Å². The van der Waals surface area contributed by atoms with Gasteiger partial charge < -0.3 is 5.32 Å². The van der Waals surface area contributed by atoms with Gasteiger partial charge in [0.2, 0.25) is 0 Å². The lowest BCUT2D eigenvalue weighted by atomic mass is 9.75. The summed E-state index contributed by atoms with van der Waals surface area (Å²) in [6.07, 6.45) is 11.9. The molecule has 0 radical (unpaired) electrons. The summed E-state index contributed by atoms with van der Waals surface area (Å²) in [5, 5.41) is 7.76. The smallest absolute Gasteiger partial charge is 0.180 e. The van der Waals surface area contributed by atoms with E-state index >= 15 is 0 Å². The predicted molar refractivity (Wildman–Crippen MR) is 107 cm³/mol. The number of rotatable bonds is 10. The minimum Gasteiger partial charge on any atom is -0.381 e. The van der Waals surface area contributed by atoms with Gasteiger partial charge in [-0.3, -0.25) is 10.1 Å². The van der Waals surface area contributed by atoms with Gasteiger partial charge in [-0.25, -0.2) is 0 Å². The van der Waals surface area contributed by atoms with E-state index in [1.807, 2.05) is 0 Å². The third kappa shape index (κ3) is 3.97. The maximum atomic E-state index is 13.5. The van der Waals surface area contributed by atoms with E-state index in [4.69, 9.17) is 0 Å². The summed E-state index contributed by atoms with van der Waals surface area (Å²) >= 11 is 0. The molecule has 2 aliphatic rings. The molecule has 0 aromatic heterocycles. The Bertz CT molecular complexity index is 482. The maximum absolute atomic E-state index is 13.5. The topological polar surface area (TPSA) is 41.1 Å². The quantitative estimate of drug-likeness (QED) is 0.566. The summed E-state index contributed by atoms with van der Waals surface area (Å²) in [6.45, 7) is 11.2. The summed E-state index contributed by atoms with van der Waals surface area (Å²) in [5.41, 5.74) is 2.22. The molecule has 0 saturated carbocycles. The van der Waals surface area contributed by atoms with Crippen LogP contribution in [0.1, 0.15) is 105 Å². The summed E-state index contributed by atoms with van der Waals surface area (Å²) in [5.74, 6) is 0.389. The number of hydrogen-bond donors (Lipinski definition) is 2. The Morgan fingerprint density at radius 3 is 1.92 bits per heavy atom. The minimum absolute atomic E-state index is 0.185. The second-order valence-electron chi connectivity index (χ2n) is 8.36. The van der Waals surface area contributed by atoms with Gasteiger partial charge in [-0.1, -0.05) is 66.7 Å². The number of carbonyl (C=O) groups excluding carboxylic acids is 1. The molecular weight excluding hydrogens is 308 g/mol. The molecule has 144 valence electrons. The van der Waals surface area contributed by atoms with Crippen molar-refractivity contribution in [2.24, 2.45) is 0 Å². The molecule has 1 atom stereocenters. The number of nitrogens with one attached hydrogen (secondary N) is 2. The van der Waals surface area contributed by atoms with Gasteiger partial charge in [0.15, 0.2) is 5.78 Å². The van der Waals surface area contributed by atoms with Crippen LogP contribution in [0.25, 0.3) is 0 Å². The van der Waals surface area contributed by atoms with Crippen molar-refractivity contribution >= 4 is 5.78 Å². The van der Waals surface area contributed by atoms with Crippen molar-refractivity contribution in [2.75, 3.05) is 0 Å². The molecule has 0 amide bonds. The lowest BCUT2D eigenvalue weighted by Gasteiger charge is -2.41. The zero-order valence-electron chi connectivity index (χ0n) is 17.3. The Labute approximate surface area is 155 Å². The summed E-state index contributed by atoms with van der Waals surface area (Å²) in [6, 6.07) is 0.343. The Morgan fingerprint density at radius 2 is 1.44 bits per heavy atom. The van der Waals surface area contributed by atoms with Crippen molar-refractivity contribution in [3.63, 3.8) is 0 Å². The second-order valence-corrected chi connectivity index (χ2v) is 8.36. The largest absolute Gasteiger partial charge is 0.381 e. The van der Waals surface area contributed by atoms with E-state index in [1.165, 1.54) is 31.4 Å². The predicted octanol–water partition coefficient (Wildman–Crippen LogP) is 5.25. The number of Topliss-reactive ketones (excluding diaryl/α,β-unsaturated/α-hetero) is 1. The Morgan fingerprint density at radius 1 is 0.880 bits per heavy atom. The van der Waals surface area contributed by atoms with E-state index in [0.29, 0.717) is 11.8 Å². The normalized spacial score (nSPS) is 24.4. The van der Waals surface area contributed by atoms with Crippen LogP contribution in [-0.4, -0.2) is 22.9 Å². The van der Waals surface area contributed by atoms with Crippen LogP contribution in [0, 0.1) is 0 Å². The molecule has 2 aliphatic heterocycles. The van der Waals surface area contributed by atoms with Gasteiger partial charge in [-0.15, -0.1) is 0 Å². The number of hydrogen-bond acceptors (Lipinski definition) is 3. The average Bonchev–Trinajstić information content (AvgIpc) is 2.90. The number of carbonyl (C=O) groups is 1. The Kier molecular flexibility index (Phi) is 7.13. The van der Waals surface area contributed by atoms with Crippen LogP contribution < -0.4 is 10.6 Å². The van der Waals surface area contributed by atoms with Crippen molar-refractivity contribution in [3.8, 4) is 0 Å². The van der Waals surface area contributed by atoms with Crippen LogP contribution in [0.3, 0.4) is 0 Å². The lowest BCUT2D eigenvalue weighted by Crippen LogP contribution is -2.60. The second kappa shape index (κ2) is 8.70. The zero-order chi connectivity index (χ0) is 18.5. The first-order valence-corrected chi connectivity index (χ1v) is 10.8. The highest BCUT2D eigenvalue weighted by Gasteiger charge is 2.51. The summed E-state index contributed by atoms with van der Waals surface area (Å²) in [4.78, 5) is 13.5. The molecule has 25 heavy (non-hydrogen) atoms. The fourth-order valence-corrected chi connectivity index (χ4v) is 5.40. The highest BCUT2D eigenvalue weighted by atomic mass is 16.1. The fourth-order valence-electron chi connectivity index (χ4n) is 5.40. The molecule has 2 N–H and O–H groups in total. The fraction of sp³-hybridized carbons (Fsp3) is 0.864. The molecule has 0 aromatic carbocycles. The van der Waals surface area contributed by atoms with Crippen LogP contribution in [0.2, 0.25) is 0 Å². The van der Waals surface area contributed by atoms with Crippen molar-refractivity contribution in [1.29, 1.82) is 0 Å². The molecule has 0 bridgehead atoms. The van der Waals surface area contributed by atoms with Gasteiger partial charge in [-0.2, -0.15) is 0 Å². The van der Waals surface area contributed by atoms with E-state index in [2.05, 4.69) is 45.3 Å². The van der Waals surface area contributed by atoms with Crippen molar-refractivity contribution in [3.05, 3.63) is 11.3 Å².